The fourth-order valence-electron chi connectivity index (χ4n) is 2.80. The van der Waals surface area contributed by atoms with Gasteiger partial charge in [0.15, 0.2) is 6.61 Å². The summed E-state index contributed by atoms with van der Waals surface area (Å²) in [6.45, 7) is 0.515. The quantitative estimate of drug-likeness (QED) is 0.515. The number of rotatable bonds is 7. The zero-order valence-corrected chi connectivity index (χ0v) is 15.6. The van der Waals surface area contributed by atoms with Gasteiger partial charge >= 0.3 is 0 Å². The zero-order valence-electron chi connectivity index (χ0n) is 15.6. The molecule has 1 amide bonds. The average Bonchev–Trinajstić information content (AvgIpc) is 3.27. The zero-order chi connectivity index (χ0) is 19.9. The van der Waals surface area contributed by atoms with Crippen molar-refractivity contribution in [3.8, 4) is 17.2 Å². The molecule has 0 saturated heterocycles. The third-order valence-corrected chi connectivity index (χ3v) is 4.27. The molecular formula is C23H19N3O3. The number of para-hydroxylation sites is 1. The van der Waals surface area contributed by atoms with Crippen LogP contribution in [-0.2, 0) is 13.2 Å². The molecule has 4 rings (SSSR count). The molecule has 0 fully saturated rings. The summed E-state index contributed by atoms with van der Waals surface area (Å²) in [5.74, 6) is 1.01. The van der Waals surface area contributed by atoms with E-state index in [9.17, 15) is 4.79 Å². The molecule has 0 atom stereocenters. The van der Waals surface area contributed by atoms with Crippen molar-refractivity contribution in [3.05, 3.63) is 102 Å². The fraction of sp³-hybridized carbons (Fsp3) is 0.0870. The number of aromatic nitrogens is 2. The van der Waals surface area contributed by atoms with Crippen LogP contribution in [-0.4, -0.2) is 16.1 Å². The molecule has 0 unspecified atom stereocenters. The fourth-order valence-corrected chi connectivity index (χ4v) is 2.80. The van der Waals surface area contributed by atoms with E-state index in [1.54, 1.807) is 18.2 Å². The van der Waals surface area contributed by atoms with Crippen LogP contribution in [0.25, 0.3) is 11.5 Å². The minimum atomic E-state index is -0.208. The lowest BCUT2D eigenvalue weighted by Gasteiger charge is -2.10. The lowest BCUT2D eigenvalue weighted by molar-refractivity contribution is 0.0945. The molecule has 1 N–H and O–H groups in total. The van der Waals surface area contributed by atoms with E-state index in [0.29, 0.717) is 29.6 Å². The van der Waals surface area contributed by atoms with Crippen LogP contribution in [0.4, 0.5) is 0 Å². The molecule has 6 nitrogen and oxygen atoms in total. The van der Waals surface area contributed by atoms with Gasteiger partial charge in [0.25, 0.3) is 11.8 Å². The van der Waals surface area contributed by atoms with Gasteiger partial charge in [-0.1, -0.05) is 60.7 Å². The Morgan fingerprint density at radius 1 is 0.862 bits per heavy atom. The summed E-state index contributed by atoms with van der Waals surface area (Å²) in [6.07, 6.45) is 0. The monoisotopic (exact) mass is 385 g/mol. The van der Waals surface area contributed by atoms with E-state index in [-0.39, 0.29) is 12.5 Å². The number of benzene rings is 3. The molecular weight excluding hydrogens is 366 g/mol. The van der Waals surface area contributed by atoms with Gasteiger partial charge in [-0.25, -0.2) is 0 Å². The predicted octanol–water partition coefficient (Wildman–Crippen LogP) is 4.25. The number of nitrogens with zero attached hydrogens (tertiary/aromatic N) is 2. The second-order valence-electron chi connectivity index (χ2n) is 6.32. The number of hydrogen-bond donors (Lipinski definition) is 1. The van der Waals surface area contributed by atoms with Crippen LogP contribution in [0.3, 0.4) is 0 Å². The molecule has 0 saturated carbocycles. The van der Waals surface area contributed by atoms with E-state index < -0.39 is 0 Å². The smallest absolute Gasteiger partial charge is 0.255 e. The van der Waals surface area contributed by atoms with Crippen molar-refractivity contribution in [2.45, 2.75) is 13.2 Å². The maximum absolute atomic E-state index is 12.6. The van der Waals surface area contributed by atoms with Crippen molar-refractivity contribution >= 4 is 5.91 Å². The highest BCUT2D eigenvalue weighted by molar-refractivity contribution is 5.96. The molecule has 29 heavy (non-hydrogen) atoms. The van der Waals surface area contributed by atoms with Crippen LogP contribution < -0.4 is 10.1 Å². The minimum Gasteiger partial charge on any atom is -0.483 e. The van der Waals surface area contributed by atoms with E-state index in [2.05, 4.69) is 15.5 Å². The van der Waals surface area contributed by atoms with E-state index in [0.717, 1.165) is 11.1 Å². The van der Waals surface area contributed by atoms with Gasteiger partial charge < -0.3 is 14.5 Å². The molecule has 6 heteroatoms. The largest absolute Gasteiger partial charge is 0.483 e. The van der Waals surface area contributed by atoms with Gasteiger partial charge in [0, 0.05) is 12.1 Å². The molecule has 1 heterocycles. The van der Waals surface area contributed by atoms with Crippen molar-refractivity contribution < 1.29 is 13.9 Å². The van der Waals surface area contributed by atoms with E-state index in [4.69, 9.17) is 9.15 Å². The normalized spacial score (nSPS) is 10.5. The van der Waals surface area contributed by atoms with Crippen LogP contribution in [0.1, 0.15) is 21.8 Å². The average molecular weight is 385 g/mol. The SMILES string of the molecule is O=C(NCc1ccccc1)c1ccccc1OCc1nnc(-c2ccccc2)o1. The summed E-state index contributed by atoms with van der Waals surface area (Å²) in [7, 11) is 0. The Morgan fingerprint density at radius 2 is 1.55 bits per heavy atom. The van der Waals surface area contributed by atoms with Gasteiger partial charge in [-0.2, -0.15) is 0 Å². The second-order valence-corrected chi connectivity index (χ2v) is 6.32. The number of carbonyl (C=O) groups excluding carboxylic acids is 1. The molecule has 1 aromatic heterocycles. The maximum Gasteiger partial charge on any atom is 0.255 e. The van der Waals surface area contributed by atoms with E-state index in [1.165, 1.54) is 0 Å². The first-order valence-electron chi connectivity index (χ1n) is 9.21. The summed E-state index contributed by atoms with van der Waals surface area (Å²) in [5, 5.41) is 11.0. The Kier molecular flexibility index (Phi) is 5.62. The Hall–Kier alpha value is -3.93. The summed E-state index contributed by atoms with van der Waals surface area (Å²) in [5.41, 5.74) is 2.32. The highest BCUT2D eigenvalue weighted by Gasteiger charge is 2.14. The van der Waals surface area contributed by atoms with Gasteiger partial charge in [-0.05, 0) is 29.8 Å². The molecule has 0 bridgehead atoms. The number of nitrogens with one attached hydrogen (secondary N) is 1. The summed E-state index contributed by atoms with van der Waals surface area (Å²) in [6, 6.07) is 26.3. The van der Waals surface area contributed by atoms with Crippen molar-refractivity contribution in [2.75, 3.05) is 0 Å². The van der Waals surface area contributed by atoms with Crippen LogP contribution in [0.2, 0.25) is 0 Å². The van der Waals surface area contributed by atoms with Crippen LogP contribution >= 0.6 is 0 Å². The molecule has 0 aliphatic carbocycles. The molecule has 3 aromatic carbocycles. The standard InChI is InChI=1S/C23H19N3O3/c27-22(24-15-17-9-3-1-4-10-17)19-13-7-8-14-20(19)28-16-21-25-26-23(29-21)18-11-5-2-6-12-18/h1-14H,15-16H2,(H,24,27). The predicted molar refractivity (Wildman–Crippen MR) is 108 cm³/mol. The van der Waals surface area contributed by atoms with Gasteiger partial charge in [0.1, 0.15) is 5.75 Å². The van der Waals surface area contributed by atoms with Crippen molar-refractivity contribution in [1.82, 2.24) is 15.5 Å². The number of carbonyl (C=O) groups is 1. The summed E-state index contributed by atoms with van der Waals surface area (Å²) < 4.78 is 11.4. The Balaban J connectivity index is 1.41. The third-order valence-electron chi connectivity index (χ3n) is 4.27. The first-order chi connectivity index (χ1) is 14.3. The van der Waals surface area contributed by atoms with Gasteiger partial charge in [-0.3, -0.25) is 4.79 Å². The maximum atomic E-state index is 12.6. The van der Waals surface area contributed by atoms with Crippen molar-refractivity contribution in [2.24, 2.45) is 0 Å². The lowest BCUT2D eigenvalue weighted by Crippen LogP contribution is -2.23. The van der Waals surface area contributed by atoms with Crippen molar-refractivity contribution in [3.63, 3.8) is 0 Å². The third kappa shape index (κ3) is 4.68. The van der Waals surface area contributed by atoms with Crippen LogP contribution in [0, 0.1) is 0 Å². The van der Waals surface area contributed by atoms with Gasteiger partial charge in [-0.15, -0.1) is 10.2 Å². The first kappa shape index (κ1) is 18.4. The molecule has 0 aliphatic rings. The Labute approximate surface area is 168 Å². The minimum absolute atomic E-state index is 0.0722. The van der Waals surface area contributed by atoms with Crippen LogP contribution in [0.15, 0.2) is 89.3 Å². The Morgan fingerprint density at radius 3 is 2.34 bits per heavy atom. The van der Waals surface area contributed by atoms with E-state index in [1.807, 2.05) is 66.7 Å². The van der Waals surface area contributed by atoms with Crippen molar-refractivity contribution in [1.29, 1.82) is 0 Å². The second kappa shape index (κ2) is 8.84. The van der Waals surface area contributed by atoms with Gasteiger partial charge in [0.05, 0.1) is 5.56 Å². The highest BCUT2D eigenvalue weighted by atomic mass is 16.5. The topological polar surface area (TPSA) is 77.2 Å². The first-order valence-corrected chi connectivity index (χ1v) is 9.21. The molecule has 0 radical (unpaired) electrons. The van der Waals surface area contributed by atoms with Crippen LogP contribution in [0.5, 0.6) is 5.75 Å². The number of ether oxygens (including phenoxy) is 1. The summed E-state index contributed by atoms with van der Waals surface area (Å²) in [4.78, 5) is 12.6. The van der Waals surface area contributed by atoms with Gasteiger partial charge in [0.2, 0.25) is 5.89 Å². The molecule has 144 valence electrons. The lowest BCUT2D eigenvalue weighted by atomic mass is 10.1. The number of hydrogen-bond acceptors (Lipinski definition) is 5. The Bertz CT molecular complexity index is 1080. The highest BCUT2D eigenvalue weighted by Crippen LogP contribution is 2.21. The van der Waals surface area contributed by atoms with E-state index >= 15 is 0 Å². The molecule has 0 spiro atoms. The summed E-state index contributed by atoms with van der Waals surface area (Å²) >= 11 is 0. The molecule has 4 aromatic rings. The number of amides is 1. The molecule has 0 aliphatic heterocycles.